The third-order valence-electron chi connectivity index (χ3n) is 5.08. The summed E-state index contributed by atoms with van der Waals surface area (Å²) >= 11 is 1.37. The van der Waals surface area contributed by atoms with Crippen molar-refractivity contribution in [1.82, 2.24) is 9.97 Å². The summed E-state index contributed by atoms with van der Waals surface area (Å²) in [5.41, 5.74) is 3.74. The highest BCUT2D eigenvalue weighted by atomic mass is 32.2. The van der Waals surface area contributed by atoms with Crippen LogP contribution in [0.4, 0.5) is 10.8 Å². The van der Waals surface area contributed by atoms with Gasteiger partial charge in [0.1, 0.15) is 11.0 Å². The Hall–Kier alpha value is -2.58. The average molecular weight is 441 g/mol. The smallest absolute Gasteiger partial charge is 0.236 e. The van der Waals surface area contributed by atoms with Crippen LogP contribution in [0.1, 0.15) is 37.9 Å². The Morgan fingerprint density at radius 1 is 1.17 bits per heavy atom. The number of amides is 1. The van der Waals surface area contributed by atoms with Gasteiger partial charge >= 0.3 is 0 Å². The maximum atomic E-state index is 12.9. The lowest BCUT2D eigenvalue weighted by Gasteiger charge is -2.21. The number of hydrogen-bond donors (Lipinski definition) is 2. The molecule has 156 valence electrons. The first-order valence-corrected chi connectivity index (χ1v) is 11.9. The zero-order chi connectivity index (χ0) is 21.3. The van der Waals surface area contributed by atoms with Crippen molar-refractivity contribution in [3.8, 4) is 11.1 Å². The Balaban J connectivity index is 1.43. The first-order chi connectivity index (χ1) is 14.3. The second kappa shape index (κ2) is 8.28. The third-order valence-corrected chi connectivity index (χ3v) is 7.44. The summed E-state index contributed by atoms with van der Waals surface area (Å²) < 4.78 is 15.0. The van der Waals surface area contributed by atoms with Crippen LogP contribution < -0.4 is 10.0 Å². The molecule has 2 heterocycles. The average Bonchev–Trinajstić information content (AvgIpc) is 3.47. The molecule has 6 nitrogen and oxygen atoms in total. The summed E-state index contributed by atoms with van der Waals surface area (Å²) in [5, 5.41) is 5.64. The number of anilines is 2. The van der Waals surface area contributed by atoms with Crippen LogP contribution in [0.15, 0.2) is 48.1 Å². The number of aryl methyl sites for hydroxylation is 1. The van der Waals surface area contributed by atoms with Gasteiger partial charge in [-0.1, -0.05) is 12.1 Å². The van der Waals surface area contributed by atoms with Crippen molar-refractivity contribution in [3.05, 3.63) is 59.4 Å². The molecule has 0 bridgehead atoms. The minimum atomic E-state index is -1.09. The predicted molar refractivity (Wildman–Crippen MR) is 123 cm³/mol. The number of rotatable bonds is 7. The van der Waals surface area contributed by atoms with Crippen molar-refractivity contribution < 1.29 is 9.00 Å². The van der Waals surface area contributed by atoms with Gasteiger partial charge in [0.25, 0.3) is 0 Å². The van der Waals surface area contributed by atoms with Crippen molar-refractivity contribution in [2.45, 2.75) is 44.3 Å². The predicted octanol–water partition coefficient (Wildman–Crippen LogP) is 4.67. The fourth-order valence-electron chi connectivity index (χ4n) is 2.92. The molecule has 0 spiro atoms. The Morgan fingerprint density at radius 3 is 2.57 bits per heavy atom. The fraction of sp³-hybridized carbons (Fsp3) is 0.318. The quantitative estimate of drug-likeness (QED) is 0.559. The number of carbonyl (C=O) groups excluding carboxylic acids is 1. The number of nitrogens with zero attached hydrogens (tertiary/aromatic N) is 2. The molecule has 1 aliphatic carbocycles. The second-order valence-electron chi connectivity index (χ2n) is 8.04. The van der Waals surface area contributed by atoms with Gasteiger partial charge in [0.15, 0.2) is 5.13 Å². The van der Waals surface area contributed by atoms with E-state index in [2.05, 4.69) is 26.1 Å². The van der Waals surface area contributed by atoms with E-state index in [-0.39, 0.29) is 11.2 Å². The van der Waals surface area contributed by atoms with Crippen LogP contribution in [0.5, 0.6) is 0 Å². The second-order valence-corrected chi connectivity index (χ2v) is 10.4. The fourth-order valence-corrected chi connectivity index (χ4v) is 5.03. The first-order valence-electron chi connectivity index (χ1n) is 9.80. The number of benzene rings is 1. The van der Waals surface area contributed by atoms with Crippen LogP contribution in [0.2, 0.25) is 0 Å². The van der Waals surface area contributed by atoms with E-state index < -0.39 is 16.4 Å². The molecule has 3 aromatic rings. The Morgan fingerprint density at radius 2 is 1.90 bits per heavy atom. The van der Waals surface area contributed by atoms with Gasteiger partial charge in [-0.2, -0.15) is 0 Å². The van der Waals surface area contributed by atoms with Crippen LogP contribution in [0.25, 0.3) is 11.1 Å². The van der Waals surface area contributed by atoms with Crippen molar-refractivity contribution in [3.63, 3.8) is 0 Å². The van der Waals surface area contributed by atoms with Gasteiger partial charge < -0.3 is 5.32 Å². The SMILES string of the molecule is Cc1cncc(-c2ccc(NC(=O)C(C)(C)c3csc(NS(=O)C4CC4)n3)cc2)c1. The number of aromatic nitrogens is 2. The molecular weight excluding hydrogens is 416 g/mol. The Labute approximate surface area is 182 Å². The first kappa shape index (κ1) is 20.7. The lowest BCUT2D eigenvalue weighted by atomic mass is 9.89. The molecule has 1 amide bonds. The van der Waals surface area contributed by atoms with E-state index in [0.29, 0.717) is 10.8 Å². The van der Waals surface area contributed by atoms with Gasteiger partial charge in [-0.15, -0.1) is 11.3 Å². The van der Waals surface area contributed by atoms with Gasteiger partial charge in [-0.25, -0.2) is 9.19 Å². The van der Waals surface area contributed by atoms with Crippen LogP contribution in [0.3, 0.4) is 0 Å². The molecule has 1 aliphatic rings. The summed E-state index contributed by atoms with van der Waals surface area (Å²) in [7, 11) is -1.09. The summed E-state index contributed by atoms with van der Waals surface area (Å²) in [6, 6.07) is 9.79. The van der Waals surface area contributed by atoms with Gasteiger partial charge in [0.05, 0.1) is 16.4 Å². The van der Waals surface area contributed by atoms with Gasteiger partial charge in [0, 0.05) is 29.0 Å². The lowest BCUT2D eigenvalue weighted by Crippen LogP contribution is -2.35. The molecule has 1 atom stereocenters. The van der Waals surface area contributed by atoms with Crippen LogP contribution in [-0.4, -0.2) is 25.3 Å². The number of pyridine rings is 1. The van der Waals surface area contributed by atoms with E-state index in [1.54, 1.807) is 0 Å². The zero-order valence-electron chi connectivity index (χ0n) is 17.1. The van der Waals surface area contributed by atoms with Crippen LogP contribution in [-0.2, 0) is 21.2 Å². The van der Waals surface area contributed by atoms with E-state index in [9.17, 15) is 9.00 Å². The summed E-state index contributed by atoms with van der Waals surface area (Å²) in [6.45, 7) is 5.69. The highest BCUT2D eigenvalue weighted by Gasteiger charge is 2.33. The maximum Gasteiger partial charge on any atom is 0.236 e. The molecule has 8 heteroatoms. The number of hydrogen-bond acceptors (Lipinski definition) is 5. The Bertz CT molecular complexity index is 1090. The molecule has 2 aromatic heterocycles. The molecule has 1 unspecified atom stereocenters. The minimum Gasteiger partial charge on any atom is -0.325 e. The maximum absolute atomic E-state index is 12.9. The Kier molecular flexibility index (Phi) is 5.71. The molecule has 1 fully saturated rings. The molecule has 0 saturated heterocycles. The zero-order valence-corrected chi connectivity index (χ0v) is 18.8. The molecule has 0 radical (unpaired) electrons. The highest BCUT2D eigenvalue weighted by molar-refractivity contribution is 7.87. The molecular formula is C22H24N4O2S2. The van der Waals surface area contributed by atoms with Crippen LogP contribution in [0, 0.1) is 6.92 Å². The van der Waals surface area contributed by atoms with Crippen molar-refractivity contribution in [2.75, 3.05) is 10.0 Å². The highest BCUT2D eigenvalue weighted by Crippen LogP contribution is 2.31. The molecule has 1 saturated carbocycles. The summed E-state index contributed by atoms with van der Waals surface area (Å²) in [4.78, 5) is 21.7. The number of carbonyl (C=O) groups is 1. The summed E-state index contributed by atoms with van der Waals surface area (Å²) in [6.07, 6.45) is 5.63. The van der Waals surface area contributed by atoms with E-state index in [0.717, 1.165) is 35.2 Å². The van der Waals surface area contributed by atoms with E-state index in [1.807, 2.05) is 62.8 Å². The van der Waals surface area contributed by atoms with E-state index in [1.165, 1.54) is 11.3 Å². The summed E-state index contributed by atoms with van der Waals surface area (Å²) in [5.74, 6) is -0.146. The monoisotopic (exact) mass is 440 g/mol. The normalized spacial score (nSPS) is 14.9. The van der Waals surface area contributed by atoms with Gasteiger partial charge in [-0.05, 0) is 62.9 Å². The van der Waals surface area contributed by atoms with Crippen molar-refractivity contribution in [1.29, 1.82) is 0 Å². The molecule has 1 aromatic carbocycles. The number of nitrogens with one attached hydrogen (secondary N) is 2. The minimum absolute atomic E-state index is 0.146. The lowest BCUT2D eigenvalue weighted by molar-refractivity contribution is -0.120. The van der Waals surface area contributed by atoms with E-state index in [4.69, 9.17) is 0 Å². The largest absolute Gasteiger partial charge is 0.325 e. The molecule has 4 rings (SSSR count). The standard InChI is InChI=1S/C22H24N4O2S2/c1-14-10-16(12-23-11-14)15-4-6-17(7-5-15)24-20(27)22(2,3)19-13-29-21(25-19)26-30(28)18-8-9-18/h4-7,10-13,18H,8-9H2,1-3H3,(H,24,27)(H,25,26). The molecule has 0 aliphatic heterocycles. The van der Waals surface area contributed by atoms with Gasteiger partial charge in [-0.3, -0.25) is 14.5 Å². The molecule has 30 heavy (non-hydrogen) atoms. The van der Waals surface area contributed by atoms with Crippen molar-refractivity contribution in [2.24, 2.45) is 0 Å². The van der Waals surface area contributed by atoms with Gasteiger partial charge in [0.2, 0.25) is 5.91 Å². The topological polar surface area (TPSA) is 84.0 Å². The van der Waals surface area contributed by atoms with E-state index >= 15 is 0 Å². The third kappa shape index (κ3) is 4.60. The number of thiazole rings is 1. The van der Waals surface area contributed by atoms with Crippen molar-refractivity contribution >= 4 is 39.0 Å². The van der Waals surface area contributed by atoms with Crippen LogP contribution >= 0.6 is 11.3 Å². The molecule has 2 N–H and O–H groups in total.